The molecule has 4 heteroatoms. The number of benzene rings is 1. The van der Waals surface area contributed by atoms with Crippen molar-refractivity contribution < 1.29 is 14.6 Å². The summed E-state index contributed by atoms with van der Waals surface area (Å²) in [6, 6.07) is 7.26. The highest BCUT2D eigenvalue weighted by atomic mass is 16.5. The van der Waals surface area contributed by atoms with Crippen LogP contribution in [0.25, 0.3) is 0 Å². The van der Waals surface area contributed by atoms with Gasteiger partial charge in [-0.25, -0.2) is 0 Å². The molecule has 4 nitrogen and oxygen atoms in total. The van der Waals surface area contributed by atoms with Crippen molar-refractivity contribution in [3.63, 3.8) is 0 Å². The van der Waals surface area contributed by atoms with Gasteiger partial charge in [0.1, 0.15) is 6.61 Å². The first-order chi connectivity index (χ1) is 9.22. The van der Waals surface area contributed by atoms with Crippen LogP contribution in [0.5, 0.6) is 0 Å². The monoisotopic (exact) mass is 259 g/mol. The number of rotatable bonds is 1. The quantitative estimate of drug-likeness (QED) is 0.762. The Morgan fingerprint density at radius 2 is 2.42 bits per heavy atom. The van der Waals surface area contributed by atoms with Gasteiger partial charge in [-0.1, -0.05) is 17.9 Å². The fraction of sp³-hybridized carbons (Fsp3) is 0.400. The van der Waals surface area contributed by atoms with Gasteiger partial charge in [0.25, 0.3) is 5.91 Å². The molecule has 1 heterocycles. The minimum absolute atomic E-state index is 0.00319. The van der Waals surface area contributed by atoms with E-state index in [2.05, 4.69) is 11.8 Å². The molecular formula is C15H17NO3. The average molecular weight is 259 g/mol. The average Bonchev–Trinajstić information content (AvgIpc) is 2.45. The molecule has 1 aliphatic rings. The van der Waals surface area contributed by atoms with Crippen molar-refractivity contribution in [3.8, 4) is 11.8 Å². The third-order valence-electron chi connectivity index (χ3n) is 3.05. The van der Waals surface area contributed by atoms with Crippen molar-refractivity contribution in [2.45, 2.75) is 13.0 Å². The van der Waals surface area contributed by atoms with Crippen LogP contribution in [0, 0.1) is 11.8 Å². The molecule has 0 aromatic heterocycles. The Hall–Kier alpha value is -1.83. The van der Waals surface area contributed by atoms with Crippen LogP contribution in [0.4, 0.5) is 0 Å². The van der Waals surface area contributed by atoms with Gasteiger partial charge in [-0.3, -0.25) is 4.79 Å². The molecule has 1 unspecified atom stereocenters. The SMILES string of the molecule is CC1COCCN1C(=O)c1cccc(C#CCO)c1. The summed E-state index contributed by atoms with van der Waals surface area (Å²) in [6.07, 6.45) is 0. The van der Waals surface area contributed by atoms with Gasteiger partial charge in [-0.05, 0) is 25.1 Å². The molecule has 1 amide bonds. The number of ether oxygens (including phenoxy) is 1. The second-order valence-corrected chi connectivity index (χ2v) is 4.46. The number of hydrogen-bond donors (Lipinski definition) is 1. The molecule has 1 atom stereocenters. The van der Waals surface area contributed by atoms with E-state index in [9.17, 15) is 4.79 Å². The van der Waals surface area contributed by atoms with Crippen molar-refractivity contribution >= 4 is 5.91 Å². The third-order valence-corrected chi connectivity index (χ3v) is 3.05. The van der Waals surface area contributed by atoms with Crippen molar-refractivity contribution in [3.05, 3.63) is 35.4 Å². The summed E-state index contributed by atoms with van der Waals surface area (Å²) >= 11 is 0. The molecule has 1 aromatic carbocycles. The maximum absolute atomic E-state index is 12.4. The van der Waals surface area contributed by atoms with Crippen LogP contribution in [0.3, 0.4) is 0 Å². The molecule has 1 aliphatic heterocycles. The lowest BCUT2D eigenvalue weighted by atomic mass is 10.1. The Morgan fingerprint density at radius 3 is 3.16 bits per heavy atom. The second-order valence-electron chi connectivity index (χ2n) is 4.46. The Bertz CT molecular complexity index is 516. The molecule has 1 fully saturated rings. The zero-order valence-corrected chi connectivity index (χ0v) is 10.9. The summed E-state index contributed by atoms with van der Waals surface area (Å²) < 4.78 is 5.33. The van der Waals surface area contributed by atoms with E-state index in [4.69, 9.17) is 9.84 Å². The lowest BCUT2D eigenvalue weighted by Crippen LogP contribution is -2.47. The van der Waals surface area contributed by atoms with Gasteiger partial charge in [0.15, 0.2) is 0 Å². The first-order valence-corrected chi connectivity index (χ1v) is 6.31. The summed E-state index contributed by atoms with van der Waals surface area (Å²) in [6.45, 7) is 3.58. The largest absolute Gasteiger partial charge is 0.384 e. The van der Waals surface area contributed by atoms with Crippen LogP contribution in [0.1, 0.15) is 22.8 Å². The topological polar surface area (TPSA) is 49.8 Å². The van der Waals surface area contributed by atoms with E-state index in [1.807, 2.05) is 17.9 Å². The molecular weight excluding hydrogens is 242 g/mol. The van der Waals surface area contributed by atoms with E-state index in [0.29, 0.717) is 25.3 Å². The Balaban J connectivity index is 2.18. The molecule has 1 saturated heterocycles. The van der Waals surface area contributed by atoms with Crippen molar-refractivity contribution in [2.24, 2.45) is 0 Å². The molecule has 0 saturated carbocycles. The van der Waals surface area contributed by atoms with Crippen molar-refractivity contribution in [2.75, 3.05) is 26.4 Å². The maximum Gasteiger partial charge on any atom is 0.254 e. The molecule has 100 valence electrons. The van der Waals surface area contributed by atoms with Crippen LogP contribution in [-0.2, 0) is 4.74 Å². The summed E-state index contributed by atoms with van der Waals surface area (Å²) in [4.78, 5) is 14.2. The van der Waals surface area contributed by atoms with Crippen molar-refractivity contribution in [1.29, 1.82) is 0 Å². The minimum Gasteiger partial charge on any atom is -0.384 e. The molecule has 1 aromatic rings. The molecule has 1 N–H and O–H groups in total. The predicted molar refractivity (Wildman–Crippen MR) is 71.7 cm³/mol. The Kier molecular flexibility index (Phi) is 4.56. The summed E-state index contributed by atoms with van der Waals surface area (Å²) in [5.74, 6) is 5.39. The molecule has 0 bridgehead atoms. The van der Waals surface area contributed by atoms with Gasteiger partial charge in [0, 0.05) is 17.7 Å². The van der Waals surface area contributed by atoms with Gasteiger partial charge in [0.05, 0.1) is 19.3 Å². The van der Waals surface area contributed by atoms with Crippen LogP contribution < -0.4 is 0 Å². The normalized spacial score (nSPS) is 18.6. The number of amides is 1. The second kappa shape index (κ2) is 6.37. The molecule has 2 rings (SSSR count). The van der Waals surface area contributed by atoms with Gasteiger partial charge in [-0.15, -0.1) is 0 Å². The number of aliphatic hydroxyl groups excluding tert-OH is 1. The van der Waals surface area contributed by atoms with Crippen molar-refractivity contribution in [1.82, 2.24) is 4.90 Å². The first-order valence-electron chi connectivity index (χ1n) is 6.31. The summed E-state index contributed by atoms with van der Waals surface area (Å²) in [5, 5.41) is 8.68. The van der Waals surface area contributed by atoms with E-state index >= 15 is 0 Å². The van der Waals surface area contributed by atoms with E-state index in [1.165, 1.54) is 0 Å². The lowest BCUT2D eigenvalue weighted by molar-refractivity contribution is 0.00359. The Labute approximate surface area is 113 Å². The summed E-state index contributed by atoms with van der Waals surface area (Å²) in [7, 11) is 0. The van der Waals surface area contributed by atoms with Gasteiger partial charge < -0.3 is 14.7 Å². The van der Waals surface area contributed by atoms with E-state index < -0.39 is 0 Å². The molecule has 0 radical (unpaired) electrons. The highest BCUT2D eigenvalue weighted by Gasteiger charge is 2.24. The molecule has 0 aliphatic carbocycles. The Morgan fingerprint density at radius 1 is 1.58 bits per heavy atom. The predicted octanol–water partition coefficient (Wildman–Crippen LogP) is 0.891. The summed E-state index contributed by atoms with van der Waals surface area (Å²) in [5.41, 5.74) is 1.36. The van der Waals surface area contributed by atoms with Gasteiger partial charge in [-0.2, -0.15) is 0 Å². The van der Waals surface area contributed by atoms with E-state index in [1.54, 1.807) is 18.2 Å². The number of morpholine rings is 1. The number of hydrogen-bond acceptors (Lipinski definition) is 3. The highest BCUT2D eigenvalue weighted by Crippen LogP contribution is 2.13. The lowest BCUT2D eigenvalue weighted by Gasteiger charge is -2.33. The number of aliphatic hydroxyl groups is 1. The smallest absolute Gasteiger partial charge is 0.254 e. The third kappa shape index (κ3) is 3.34. The first kappa shape index (κ1) is 13.6. The minimum atomic E-state index is -0.182. The van der Waals surface area contributed by atoms with E-state index in [-0.39, 0.29) is 18.6 Å². The fourth-order valence-electron chi connectivity index (χ4n) is 2.07. The zero-order chi connectivity index (χ0) is 13.7. The van der Waals surface area contributed by atoms with Crippen LogP contribution in [0.2, 0.25) is 0 Å². The standard InChI is InChI=1S/C15H17NO3/c1-12-11-19-9-7-16(12)15(18)14-6-2-4-13(10-14)5-3-8-17/h2,4,6,10,12,17H,7-9,11H2,1H3. The number of nitrogens with zero attached hydrogens (tertiary/aromatic N) is 1. The number of carbonyl (C=O) groups excluding carboxylic acids is 1. The fourth-order valence-corrected chi connectivity index (χ4v) is 2.07. The van der Waals surface area contributed by atoms with Gasteiger partial charge in [0.2, 0.25) is 0 Å². The van der Waals surface area contributed by atoms with Crippen LogP contribution >= 0.6 is 0 Å². The van der Waals surface area contributed by atoms with E-state index in [0.717, 1.165) is 5.56 Å². The highest BCUT2D eigenvalue weighted by molar-refractivity contribution is 5.94. The number of carbonyl (C=O) groups is 1. The van der Waals surface area contributed by atoms with Crippen LogP contribution in [0.15, 0.2) is 24.3 Å². The molecule has 19 heavy (non-hydrogen) atoms. The van der Waals surface area contributed by atoms with Crippen LogP contribution in [-0.4, -0.2) is 48.3 Å². The maximum atomic E-state index is 12.4. The zero-order valence-electron chi connectivity index (χ0n) is 10.9. The van der Waals surface area contributed by atoms with Gasteiger partial charge >= 0.3 is 0 Å². The molecule has 0 spiro atoms.